The van der Waals surface area contributed by atoms with Crippen molar-refractivity contribution in [1.82, 2.24) is 20.1 Å². The minimum absolute atomic E-state index is 0.0680. The zero-order chi connectivity index (χ0) is 33.2. The van der Waals surface area contributed by atoms with Gasteiger partial charge in [0, 0.05) is 44.0 Å². The van der Waals surface area contributed by atoms with Crippen LogP contribution in [-0.2, 0) is 16.0 Å². The first-order valence-corrected chi connectivity index (χ1v) is 17.8. The Hall–Kier alpha value is -4.42. The number of benzene rings is 2. The topological polar surface area (TPSA) is 126 Å². The summed E-state index contributed by atoms with van der Waals surface area (Å²) in [5.74, 6) is -1.04. The summed E-state index contributed by atoms with van der Waals surface area (Å²) in [5.41, 5.74) is 4.34. The van der Waals surface area contributed by atoms with Gasteiger partial charge in [0.15, 0.2) is 6.04 Å². The number of amides is 5. The molecule has 8 rings (SSSR count). The Kier molecular flexibility index (Phi) is 7.67. The number of hydrogen-bond acceptors (Lipinski definition) is 8. The van der Waals surface area contributed by atoms with Gasteiger partial charge in [-0.05, 0) is 43.0 Å². The van der Waals surface area contributed by atoms with Gasteiger partial charge in [0.2, 0.25) is 11.8 Å². The molecular weight excluding hydrogens is 630 g/mol. The fourth-order valence-corrected chi connectivity index (χ4v) is 9.25. The Morgan fingerprint density at radius 2 is 1.71 bits per heavy atom. The number of nitrogens with one attached hydrogen (secondary N) is 1. The number of hydrogen-bond donors (Lipinski definition) is 1. The monoisotopic (exact) mass is 668 g/mol. The van der Waals surface area contributed by atoms with E-state index in [0.717, 1.165) is 24.0 Å². The van der Waals surface area contributed by atoms with Crippen molar-refractivity contribution < 1.29 is 33.2 Å². The summed E-state index contributed by atoms with van der Waals surface area (Å²) >= 11 is 1.31. The maximum Gasteiger partial charge on any atom is 0.355 e. The summed E-state index contributed by atoms with van der Waals surface area (Å²) in [7, 11) is 1.61. The molecule has 248 valence electrons. The van der Waals surface area contributed by atoms with Crippen molar-refractivity contribution in [3.8, 4) is 5.75 Å². The van der Waals surface area contributed by atoms with Crippen LogP contribution < -0.4 is 10.1 Å². The number of aromatic nitrogens is 1. The van der Waals surface area contributed by atoms with Crippen molar-refractivity contribution >= 4 is 40.9 Å². The molecule has 3 aromatic rings. The molecule has 5 aliphatic rings. The van der Waals surface area contributed by atoms with Gasteiger partial charge in [0.25, 0.3) is 5.91 Å². The van der Waals surface area contributed by atoms with E-state index in [1.54, 1.807) is 47.9 Å². The zero-order valence-electron chi connectivity index (χ0n) is 26.8. The normalized spacial score (nSPS) is 27.1. The van der Waals surface area contributed by atoms with Gasteiger partial charge in [-0.25, -0.2) is 9.59 Å². The summed E-state index contributed by atoms with van der Waals surface area (Å²) in [6.07, 6.45) is 5.56. The maximum atomic E-state index is 14.7. The van der Waals surface area contributed by atoms with Gasteiger partial charge in [-0.3, -0.25) is 19.4 Å². The van der Waals surface area contributed by atoms with Gasteiger partial charge in [0.1, 0.15) is 29.3 Å². The van der Waals surface area contributed by atoms with Crippen LogP contribution in [0, 0.1) is 11.8 Å². The lowest BCUT2D eigenvalue weighted by atomic mass is 9.77. The van der Waals surface area contributed by atoms with E-state index in [4.69, 9.17) is 4.74 Å². The molecule has 1 aromatic heterocycles. The van der Waals surface area contributed by atoms with Gasteiger partial charge in [-0.2, -0.15) is 4.48 Å². The van der Waals surface area contributed by atoms with Crippen molar-refractivity contribution in [3.63, 3.8) is 0 Å². The Labute approximate surface area is 282 Å². The maximum absolute atomic E-state index is 14.7. The number of quaternary nitrogens is 1. The Morgan fingerprint density at radius 3 is 2.42 bits per heavy atom. The molecule has 1 N–H and O–H groups in total. The van der Waals surface area contributed by atoms with E-state index < -0.39 is 23.9 Å². The van der Waals surface area contributed by atoms with E-state index >= 15 is 0 Å². The SMILES string of the molecule is CNC(=O)[C@H]1CCCC[C@H]1C(=O)N1CCc2cccc(O[C@H]3CCN(C(=O)c4cncs4)C3)c2[C@H]1C1C[N+]12C(=O)c1ccccc1C2=O. The molecule has 0 bridgehead atoms. The molecule has 3 fully saturated rings. The largest absolute Gasteiger partial charge is 0.488 e. The molecule has 0 radical (unpaired) electrons. The fraction of sp³-hybridized carbons (Fsp3) is 0.444. The molecule has 2 saturated heterocycles. The standard InChI is InChI=1S/C36H37N5O6S/c1-37-32(42)23-8-2-3-9-24(23)33(43)40-16-13-21-7-6-12-28(47-22-14-15-39(18-22)34(44)29-17-38-20-48-29)30(21)31(40)27-19-41(27)35(45)25-10-4-5-11-26(25)36(41)46/h4-7,10-12,17,20,22-24,27,31H,2-3,8-9,13-16,18-19H2,1H3/p+1/t22-,23-,24+,27?,31+/m0/s1. The lowest BCUT2D eigenvalue weighted by Crippen LogP contribution is -2.51. The molecule has 48 heavy (non-hydrogen) atoms. The van der Waals surface area contributed by atoms with E-state index in [9.17, 15) is 24.0 Å². The van der Waals surface area contributed by atoms with Crippen molar-refractivity contribution in [3.05, 3.63) is 81.3 Å². The highest BCUT2D eigenvalue weighted by Crippen LogP contribution is 2.53. The van der Waals surface area contributed by atoms with Crippen LogP contribution in [0.1, 0.15) is 79.7 Å². The van der Waals surface area contributed by atoms with E-state index in [-0.39, 0.29) is 40.1 Å². The average molecular weight is 669 g/mol. The highest BCUT2D eigenvalue weighted by Gasteiger charge is 2.75. The summed E-state index contributed by atoms with van der Waals surface area (Å²) in [4.78, 5) is 77.0. The van der Waals surface area contributed by atoms with Crippen LogP contribution in [0.3, 0.4) is 0 Å². The second kappa shape index (κ2) is 11.9. The summed E-state index contributed by atoms with van der Waals surface area (Å²) in [6.45, 7) is 1.68. The number of fused-ring (bicyclic) bond motifs is 2. The molecule has 4 aliphatic heterocycles. The minimum atomic E-state index is -0.594. The fourth-order valence-electron chi connectivity index (χ4n) is 8.67. The Morgan fingerprint density at radius 1 is 0.958 bits per heavy atom. The second-order valence-electron chi connectivity index (χ2n) is 13.6. The molecule has 1 saturated carbocycles. The number of carbonyl (C=O) groups is 5. The lowest BCUT2D eigenvalue weighted by molar-refractivity contribution is -0.634. The lowest BCUT2D eigenvalue weighted by Gasteiger charge is -2.41. The predicted molar refractivity (Wildman–Crippen MR) is 175 cm³/mol. The minimum Gasteiger partial charge on any atom is -0.488 e. The van der Waals surface area contributed by atoms with Crippen molar-refractivity contribution in [1.29, 1.82) is 0 Å². The van der Waals surface area contributed by atoms with Crippen LogP contribution >= 0.6 is 11.3 Å². The highest BCUT2D eigenvalue weighted by molar-refractivity contribution is 7.11. The van der Waals surface area contributed by atoms with Crippen LogP contribution in [0.25, 0.3) is 0 Å². The molecular formula is C36H38N5O6S+. The van der Waals surface area contributed by atoms with Gasteiger partial charge in [0.05, 0.1) is 29.4 Å². The number of carbonyl (C=O) groups excluding carboxylic acids is 5. The molecule has 5 atom stereocenters. The molecule has 5 heterocycles. The third-order valence-corrected chi connectivity index (χ3v) is 11.9. The van der Waals surface area contributed by atoms with Crippen LogP contribution in [0.2, 0.25) is 0 Å². The summed E-state index contributed by atoms with van der Waals surface area (Å²) in [6, 6.07) is 11.8. The molecule has 5 amide bonds. The molecule has 1 unspecified atom stereocenters. The zero-order valence-corrected chi connectivity index (χ0v) is 27.6. The van der Waals surface area contributed by atoms with E-state index in [1.807, 2.05) is 23.1 Å². The second-order valence-corrected chi connectivity index (χ2v) is 14.5. The van der Waals surface area contributed by atoms with E-state index in [1.165, 1.54) is 11.3 Å². The molecule has 11 nitrogen and oxygen atoms in total. The first kappa shape index (κ1) is 30.9. The molecule has 1 aliphatic carbocycles. The Balaban J connectivity index is 1.15. The Bertz CT molecular complexity index is 1790. The van der Waals surface area contributed by atoms with Gasteiger partial charge in [-0.15, -0.1) is 11.3 Å². The average Bonchev–Trinajstić information content (AvgIpc) is 3.40. The van der Waals surface area contributed by atoms with Crippen LogP contribution in [0.4, 0.5) is 0 Å². The number of rotatable bonds is 6. The van der Waals surface area contributed by atoms with E-state index in [2.05, 4.69) is 10.3 Å². The number of nitrogens with zero attached hydrogens (tertiary/aromatic N) is 4. The first-order chi connectivity index (χ1) is 23.3. The van der Waals surface area contributed by atoms with Gasteiger partial charge < -0.3 is 19.9 Å². The molecule has 1 spiro atoms. The third-order valence-electron chi connectivity index (χ3n) is 11.1. The summed E-state index contributed by atoms with van der Waals surface area (Å²) in [5, 5.41) is 2.76. The third kappa shape index (κ3) is 4.79. The molecule has 12 heteroatoms. The number of imide groups is 1. The number of ether oxygens (including phenoxy) is 1. The molecule has 2 aromatic carbocycles. The predicted octanol–water partition coefficient (Wildman–Crippen LogP) is 3.61. The van der Waals surface area contributed by atoms with Crippen LogP contribution in [0.15, 0.2) is 54.2 Å². The smallest absolute Gasteiger partial charge is 0.355 e. The van der Waals surface area contributed by atoms with Crippen LogP contribution in [0.5, 0.6) is 5.75 Å². The highest BCUT2D eigenvalue weighted by atomic mass is 32.1. The van der Waals surface area contributed by atoms with Crippen molar-refractivity contribution in [2.75, 3.05) is 33.2 Å². The quantitative estimate of drug-likeness (QED) is 0.242. The van der Waals surface area contributed by atoms with Crippen molar-refractivity contribution in [2.45, 2.75) is 56.7 Å². The summed E-state index contributed by atoms with van der Waals surface area (Å²) < 4.78 is 6.37. The van der Waals surface area contributed by atoms with Gasteiger partial charge >= 0.3 is 11.8 Å². The number of likely N-dealkylation sites (tertiary alicyclic amines) is 1. The van der Waals surface area contributed by atoms with Crippen molar-refractivity contribution in [2.24, 2.45) is 11.8 Å². The first-order valence-electron chi connectivity index (χ1n) is 16.9. The number of thiazole rings is 1. The van der Waals surface area contributed by atoms with Crippen LogP contribution in [-0.4, -0.2) is 94.2 Å². The van der Waals surface area contributed by atoms with E-state index in [0.29, 0.717) is 73.6 Å². The van der Waals surface area contributed by atoms with Gasteiger partial charge in [-0.1, -0.05) is 37.1 Å².